The van der Waals surface area contributed by atoms with E-state index in [1.165, 1.54) is 28.8 Å². The molecule has 0 aliphatic carbocycles. The van der Waals surface area contributed by atoms with Crippen molar-refractivity contribution in [3.63, 3.8) is 0 Å². The van der Waals surface area contributed by atoms with Gasteiger partial charge in [0.05, 0.1) is 11.6 Å². The lowest BCUT2D eigenvalue weighted by atomic mass is 10.1. The highest BCUT2D eigenvalue weighted by atomic mass is 19.1. The van der Waals surface area contributed by atoms with Crippen LogP contribution in [0.5, 0.6) is 5.75 Å². The molecule has 0 bridgehead atoms. The number of carbonyl (C=O) groups excluding carboxylic acids is 1. The number of anilines is 1. The quantitative estimate of drug-likeness (QED) is 0.653. The van der Waals surface area contributed by atoms with Gasteiger partial charge in [-0.1, -0.05) is 6.92 Å². The normalized spacial score (nSPS) is 11.1. The number of fused-ring (bicyclic) bond motifs is 1. The molecule has 2 aromatic heterocycles. The third-order valence-electron chi connectivity index (χ3n) is 4.48. The topological polar surface area (TPSA) is 93.4 Å². The van der Waals surface area contributed by atoms with Crippen LogP contribution >= 0.6 is 0 Å². The molecule has 3 aromatic rings. The Morgan fingerprint density at radius 1 is 1.28 bits per heavy atom. The number of benzene rings is 1. The fraction of sp³-hybridized carbons (Fsp3) is 0.286. The summed E-state index contributed by atoms with van der Waals surface area (Å²) in [5.74, 6) is -1.53. The molecule has 0 saturated heterocycles. The van der Waals surface area contributed by atoms with Crippen molar-refractivity contribution in [2.45, 2.75) is 33.3 Å². The molecule has 2 heterocycles. The number of nitrogens with zero attached hydrogens (tertiary/aromatic N) is 2. The number of ether oxygens (including phenoxy) is 1. The Hall–Kier alpha value is -3.42. The minimum Gasteiger partial charge on any atom is -0.486 e. The molecule has 0 radical (unpaired) electrons. The second-order valence-electron chi connectivity index (χ2n) is 6.89. The Kier molecular flexibility index (Phi) is 5.54. The van der Waals surface area contributed by atoms with E-state index in [-0.39, 0.29) is 23.1 Å². The van der Waals surface area contributed by atoms with E-state index in [0.717, 1.165) is 5.56 Å². The third kappa shape index (κ3) is 3.91. The van der Waals surface area contributed by atoms with Crippen LogP contribution in [0, 0.1) is 5.82 Å². The fourth-order valence-electron chi connectivity index (χ4n) is 3.10. The summed E-state index contributed by atoms with van der Waals surface area (Å²) in [4.78, 5) is 28.9. The van der Waals surface area contributed by atoms with Crippen LogP contribution in [0.3, 0.4) is 0 Å². The first-order valence-corrected chi connectivity index (χ1v) is 9.22. The molecule has 0 atom stereocenters. The van der Waals surface area contributed by atoms with Crippen molar-refractivity contribution in [2.24, 2.45) is 7.05 Å². The lowest BCUT2D eigenvalue weighted by Crippen LogP contribution is -2.15. The van der Waals surface area contributed by atoms with Crippen molar-refractivity contribution in [3.05, 3.63) is 53.0 Å². The smallest absolute Gasteiger partial charge is 0.356 e. The molecule has 0 aliphatic heterocycles. The van der Waals surface area contributed by atoms with Crippen LogP contribution in [0.15, 0.2) is 30.3 Å². The molecule has 7 nitrogen and oxygen atoms in total. The van der Waals surface area contributed by atoms with Crippen molar-refractivity contribution >= 4 is 28.7 Å². The molecule has 0 saturated carbocycles. The average molecular weight is 399 g/mol. The van der Waals surface area contributed by atoms with Gasteiger partial charge in [-0.15, -0.1) is 0 Å². The van der Waals surface area contributed by atoms with Gasteiger partial charge in [-0.2, -0.15) is 0 Å². The third-order valence-corrected chi connectivity index (χ3v) is 4.48. The van der Waals surface area contributed by atoms with Gasteiger partial charge >= 0.3 is 5.97 Å². The molecule has 29 heavy (non-hydrogen) atoms. The maximum Gasteiger partial charge on any atom is 0.356 e. The van der Waals surface area contributed by atoms with Gasteiger partial charge in [0.1, 0.15) is 17.2 Å². The summed E-state index contributed by atoms with van der Waals surface area (Å²) in [6, 6.07) is 6.97. The molecule has 1 amide bonds. The summed E-state index contributed by atoms with van der Waals surface area (Å²) < 4.78 is 20.4. The van der Waals surface area contributed by atoms with Crippen LogP contribution < -0.4 is 10.1 Å². The van der Waals surface area contributed by atoms with Crippen LogP contribution in [-0.2, 0) is 13.5 Å². The molecule has 1 aromatic carbocycles. The summed E-state index contributed by atoms with van der Waals surface area (Å²) >= 11 is 0. The number of rotatable bonds is 6. The van der Waals surface area contributed by atoms with Crippen LogP contribution in [-0.4, -0.2) is 32.6 Å². The molecule has 0 fully saturated rings. The number of carbonyl (C=O) groups is 2. The first kappa shape index (κ1) is 20.3. The van der Waals surface area contributed by atoms with Crippen LogP contribution in [0.2, 0.25) is 0 Å². The number of carboxylic acids is 1. The van der Waals surface area contributed by atoms with Gasteiger partial charge in [0.2, 0.25) is 0 Å². The highest BCUT2D eigenvalue weighted by Gasteiger charge is 2.25. The Balaban J connectivity index is 2.13. The zero-order valence-corrected chi connectivity index (χ0v) is 16.6. The number of aromatic nitrogens is 2. The number of carboxylic acid groups (broad SMARTS) is 1. The Morgan fingerprint density at radius 2 is 1.93 bits per heavy atom. The number of halogens is 1. The molecule has 0 unspecified atom stereocenters. The number of hydrogen-bond acceptors (Lipinski definition) is 4. The Morgan fingerprint density at radius 3 is 2.48 bits per heavy atom. The van der Waals surface area contributed by atoms with Gasteiger partial charge in [-0.25, -0.2) is 14.2 Å². The number of amides is 1. The molecule has 152 valence electrons. The van der Waals surface area contributed by atoms with E-state index in [2.05, 4.69) is 10.3 Å². The van der Waals surface area contributed by atoms with E-state index < -0.39 is 17.7 Å². The molecular weight excluding hydrogens is 377 g/mol. The minimum absolute atomic E-state index is 0.00901. The number of aromatic carboxylic acids is 1. The number of aryl methyl sites for hydroxylation is 2. The first-order chi connectivity index (χ1) is 13.7. The van der Waals surface area contributed by atoms with E-state index in [1.807, 2.05) is 6.92 Å². The zero-order chi connectivity index (χ0) is 21.3. The predicted octanol–water partition coefficient (Wildman–Crippen LogP) is 4.01. The summed E-state index contributed by atoms with van der Waals surface area (Å²) in [7, 11) is 1.64. The van der Waals surface area contributed by atoms with Crippen molar-refractivity contribution in [3.8, 4) is 5.75 Å². The lowest BCUT2D eigenvalue weighted by Gasteiger charge is -2.12. The van der Waals surface area contributed by atoms with Crippen molar-refractivity contribution in [1.82, 2.24) is 9.55 Å². The molecule has 0 spiro atoms. The first-order valence-electron chi connectivity index (χ1n) is 9.22. The molecule has 8 heteroatoms. The van der Waals surface area contributed by atoms with Gasteiger partial charge < -0.3 is 19.7 Å². The maximum atomic E-state index is 13.1. The molecular formula is C21H22FN3O4. The van der Waals surface area contributed by atoms with E-state index in [1.54, 1.807) is 27.0 Å². The Bertz CT molecular complexity index is 1090. The highest BCUT2D eigenvalue weighted by molar-refractivity contribution is 6.05. The fourth-order valence-corrected chi connectivity index (χ4v) is 3.10. The second kappa shape index (κ2) is 7.90. The second-order valence-corrected chi connectivity index (χ2v) is 6.89. The standard InChI is InChI=1S/C21H22FN3O4/c1-5-12-10-15-16(18(29-11(2)3)17(21(27)28)25(15)4)23-19(12)24-20(26)13-6-8-14(22)9-7-13/h6-11H,5H2,1-4H3,(H,27,28)(H,23,24,26). The number of hydrogen-bond donors (Lipinski definition) is 2. The number of pyridine rings is 1. The molecule has 2 N–H and O–H groups in total. The van der Waals surface area contributed by atoms with E-state index in [0.29, 0.717) is 23.3 Å². The molecule has 0 aliphatic rings. The van der Waals surface area contributed by atoms with Crippen LogP contribution in [0.25, 0.3) is 11.0 Å². The molecule has 3 rings (SSSR count). The zero-order valence-electron chi connectivity index (χ0n) is 16.6. The summed E-state index contributed by atoms with van der Waals surface area (Å²) in [6.45, 7) is 5.49. The van der Waals surface area contributed by atoms with Gasteiger partial charge in [-0.05, 0) is 56.2 Å². The summed E-state index contributed by atoms with van der Waals surface area (Å²) in [5.41, 5.74) is 1.96. The largest absolute Gasteiger partial charge is 0.486 e. The average Bonchev–Trinajstić information content (AvgIpc) is 2.92. The minimum atomic E-state index is -1.13. The van der Waals surface area contributed by atoms with Crippen LogP contribution in [0.1, 0.15) is 47.2 Å². The van der Waals surface area contributed by atoms with Crippen molar-refractivity contribution in [2.75, 3.05) is 5.32 Å². The lowest BCUT2D eigenvalue weighted by molar-refractivity contribution is 0.0680. The van der Waals surface area contributed by atoms with Gasteiger partial charge in [0.25, 0.3) is 5.91 Å². The van der Waals surface area contributed by atoms with Crippen molar-refractivity contribution in [1.29, 1.82) is 0 Å². The monoisotopic (exact) mass is 399 g/mol. The van der Waals surface area contributed by atoms with Gasteiger partial charge in [0, 0.05) is 12.6 Å². The van der Waals surface area contributed by atoms with Gasteiger partial charge in [0.15, 0.2) is 11.4 Å². The predicted molar refractivity (Wildman–Crippen MR) is 107 cm³/mol. The van der Waals surface area contributed by atoms with Gasteiger partial charge in [-0.3, -0.25) is 4.79 Å². The summed E-state index contributed by atoms with van der Waals surface area (Å²) in [6.07, 6.45) is 0.305. The number of nitrogens with one attached hydrogen (secondary N) is 1. The highest BCUT2D eigenvalue weighted by Crippen LogP contribution is 2.34. The van der Waals surface area contributed by atoms with Crippen molar-refractivity contribution < 1.29 is 23.8 Å². The van der Waals surface area contributed by atoms with E-state index >= 15 is 0 Å². The SMILES string of the molecule is CCc1cc2c(nc1NC(=O)c1ccc(F)cc1)c(OC(C)C)c(C(=O)O)n2C. The maximum absolute atomic E-state index is 13.1. The van der Waals surface area contributed by atoms with E-state index in [9.17, 15) is 19.1 Å². The summed E-state index contributed by atoms with van der Waals surface area (Å²) in [5, 5.41) is 12.4. The van der Waals surface area contributed by atoms with Crippen LogP contribution in [0.4, 0.5) is 10.2 Å². The van der Waals surface area contributed by atoms with E-state index in [4.69, 9.17) is 4.74 Å². The Labute approximate surface area is 167 Å².